The van der Waals surface area contributed by atoms with Crippen molar-refractivity contribution in [2.75, 3.05) is 0 Å². The van der Waals surface area contributed by atoms with Gasteiger partial charge in [-0.3, -0.25) is 4.57 Å². The Hall–Kier alpha value is -13.0. The Morgan fingerprint density at radius 2 is 0.604 bits per heavy atom. The maximum atomic E-state index is 6.40. The molecule has 21 rings (SSSR count). The summed E-state index contributed by atoms with van der Waals surface area (Å²) < 4.78 is 22.2. The molecule has 0 radical (unpaired) electrons. The summed E-state index contributed by atoms with van der Waals surface area (Å²) in [6.07, 6.45) is 0. The van der Waals surface area contributed by atoms with Crippen LogP contribution in [0.4, 0.5) is 0 Å². The van der Waals surface area contributed by atoms with Gasteiger partial charge in [-0.2, -0.15) is 0 Å². The van der Waals surface area contributed by atoms with Crippen LogP contribution in [0.1, 0.15) is 0 Å². The molecular weight excluding hydrogens is 1170 g/mol. The lowest BCUT2D eigenvalue weighted by Gasteiger charge is -2.12. The zero-order chi connectivity index (χ0) is 63.0. The van der Waals surface area contributed by atoms with Crippen molar-refractivity contribution in [1.82, 2.24) is 23.3 Å². The molecule has 7 heterocycles. The number of hydrogen-bond donors (Lipinski definition) is 0. The molecule has 7 heteroatoms. The van der Waals surface area contributed by atoms with Gasteiger partial charge in [-0.05, 0) is 150 Å². The van der Waals surface area contributed by atoms with Crippen molar-refractivity contribution >= 4 is 131 Å². The van der Waals surface area contributed by atoms with Crippen molar-refractivity contribution in [3.05, 3.63) is 334 Å². The predicted octanol–water partition coefficient (Wildman–Crippen LogP) is 24.0. The highest BCUT2D eigenvalue weighted by atomic mass is 16.3. The molecule has 448 valence electrons. The molecule has 21 aromatic rings. The second-order valence-electron chi connectivity index (χ2n) is 24.9. The second kappa shape index (κ2) is 21.3. The molecule has 0 aliphatic heterocycles. The normalized spacial score (nSPS) is 12.0. The number of furan rings is 2. The van der Waals surface area contributed by atoms with Crippen molar-refractivity contribution < 1.29 is 8.83 Å². The smallest absolute Gasteiger partial charge is 0.143 e. The number of fused-ring (bicyclic) bond motifs is 18. The van der Waals surface area contributed by atoms with Gasteiger partial charge < -0.3 is 22.5 Å². The lowest BCUT2D eigenvalue weighted by molar-refractivity contribution is 0.669. The molecule has 7 aromatic heterocycles. The fourth-order valence-electron chi connectivity index (χ4n) is 15.4. The van der Waals surface area contributed by atoms with E-state index in [0.717, 1.165) is 106 Å². The Balaban J connectivity index is 0.000000132. The predicted molar refractivity (Wildman–Crippen MR) is 399 cm³/mol. The third kappa shape index (κ3) is 8.30. The van der Waals surface area contributed by atoms with Crippen LogP contribution in [0.15, 0.2) is 342 Å². The number of pyridine rings is 1. The number of aromatic nitrogens is 5. The summed E-state index contributed by atoms with van der Waals surface area (Å²) in [5.74, 6) is 0.899. The monoisotopic (exact) mass is 1230 g/mol. The summed E-state index contributed by atoms with van der Waals surface area (Å²) >= 11 is 0. The van der Waals surface area contributed by atoms with E-state index in [0.29, 0.717) is 0 Å². The minimum atomic E-state index is 0.867. The SMILES string of the molecule is c1cc(-c2ccc3oc4ccc(-n5c6ccccc6c6ccccc65)cc4c3c2)nc(-n2c3ccccc3c3ccccc32)c1.c1cc(-c2cccc(-n3c4ccccc4c4cc(-n5c6ccccc6c6ccccc65)ccc43)c2)cc(-c2cccc3c2oc2ccccc23)c1. The van der Waals surface area contributed by atoms with Gasteiger partial charge in [0.1, 0.15) is 28.1 Å². The lowest BCUT2D eigenvalue weighted by Crippen LogP contribution is -1.98. The number of para-hydroxylation sites is 9. The highest BCUT2D eigenvalue weighted by Gasteiger charge is 2.21. The van der Waals surface area contributed by atoms with Crippen molar-refractivity contribution in [2.24, 2.45) is 0 Å². The highest BCUT2D eigenvalue weighted by Crippen LogP contribution is 2.42. The molecule has 0 aliphatic rings. The van der Waals surface area contributed by atoms with Crippen LogP contribution in [0.3, 0.4) is 0 Å². The van der Waals surface area contributed by atoms with Gasteiger partial charge in [0.25, 0.3) is 0 Å². The molecule has 0 spiro atoms. The van der Waals surface area contributed by atoms with E-state index in [1.54, 1.807) is 0 Å². The standard InChI is InChI=1S/C48H30N2O.C41H25N3O/c1-5-22-43-37(16-1)38-17-2-6-23-44(38)50(43)35-26-27-46-42(30-35)39-18-3-7-24-45(39)49(46)34-15-10-13-32(29-34)31-12-9-14-33(28-31)36-20-11-21-41-40-19-4-8-25-47(40)51-48(36)41;1-5-15-35-28(10-1)29-11-2-6-16-36(29)43(35)27-21-23-40-33(25-27)32-24-26(20-22-39(32)45-40)34-14-9-19-41(42-34)44-37-17-7-3-12-30(37)31-13-4-8-18-38(31)44/h1-30H;1-25H. The molecule has 0 saturated carbocycles. The van der Waals surface area contributed by atoms with Crippen LogP contribution in [0, 0.1) is 0 Å². The third-order valence-electron chi connectivity index (χ3n) is 19.6. The molecule has 0 bridgehead atoms. The average Bonchev–Trinajstić information content (AvgIpc) is 1.59. The first kappa shape index (κ1) is 53.7. The molecule has 0 aliphatic carbocycles. The van der Waals surface area contributed by atoms with Gasteiger partial charge in [0.2, 0.25) is 0 Å². The van der Waals surface area contributed by atoms with E-state index in [9.17, 15) is 0 Å². The van der Waals surface area contributed by atoms with Crippen molar-refractivity contribution in [3.8, 4) is 56.4 Å². The largest absolute Gasteiger partial charge is 0.456 e. The van der Waals surface area contributed by atoms with Crippen LogP contribution in [-0.2, 0) is 0 Å². The Kier molecular flexibility index (Phi) is 11.9. The van der Waals surface area contributed by atoms with Crippen LogP contribution in [0.5, 0.6) is 0 Å². The van der Waals surface area contributed by atoms with E-state index in [-0.39, 0.29) is 0 Å². The first-order chi connectivity index (χ1) is 47.6. The van der Waals surface area contributed by atoms with Crippen LogP contribution < -0.4 is 0 Å². The molecule has 14 aromatic carbocycles. The van der Waals surface area contributed by atoms with Crippen molar-refractivity contribution in [3.63, 3.8) is 0 Å². The van der Waals surface area contributed by atoms with Crippen molar-refractivity contribution in [1.29, 1.82) is 0 Å². The summed E-state index contributed by atoms with van der Waals surface area (Å²) in [6.45, 7) is 0. The summed E-state index contributed by atoms with van der Waals surface area (Å²) in [7, 11) is 0. The fraction of sp³-hybridized carbons (Fsp3) is 0. The van der Waals surface area contributed by atoms with Gasteiger partial charge >= 0.3 is 0 Å². The first-order valence-electron chi connectivity index (χ1n) is 32.7. The molecule has 7 nitrogen and oxygen atoms in total. The maximum Gasteiger partial charge on any atom is 0.143 e. The van der Waals surface area contributed by atoms with Crippen LogP contribution >= 0.6 is 0 Å². The molecule has 0 unspecified atom stereocenters. The van der Waals surface area contributed by atoms with Crippen LogP contribution in [0.25, 0.3) is 187 Å². The van der Waals surface area contributed by atoms with Gasteiger partial charge in [-0.1, -0.05) is 200 Å². The number of rotatable bonds is 7. The molecule has 0 amide bonds. The van der Waals surface area contributed by atoms with Gasteiger partial charge in [-0.25, -0.2) is 4.98 Å². The lowest BCUT2D eigenvalue weighted by atomic mass is 9.97. The number of benzene rings is 14. The minimum Gasteiger partial charge on any atom is -0.456 e. The highest BCUT2D eigenvalue weighted by molar-refractivity contribution is 6.15. The van der Waals surface area contributed by atoms with Crippen LogP contribution in [0.2, 0.25) is 0 Å². The Morgan fingerprint density at radius 3 is 1.19 bits per heavy atom. The topological polar surface area (TPSA) is 58.9 Å². The number of hydrogen-bond acceptors (Lipinski definition) is 3. The summed E-state index contributed by atoms with van der Waals surface area (Å²) in [5, 5.41) is 14.4. The summed E-state index contributed by atoms with van der Waals surface area (Å²) in [6, 6.07) is 119. The van der Waals surface area contributed by atoms with Gasteiger partial charge in [0.15, 0.2) is 0 Å². The molecule has 0 fully saturated rings. The maximum absolute atomic E-state index is 6.40. The van der Waals surface area contributed by atoms with Gasteiger partial charge in [0.05, 0.1) is 49.8 Å². The Labute approximate surface area is 550 Å². The van der Waals surface area contributed by atoms with Gasteiger partial charge in [-0.15, -0.1) is 0 Å². The fourth-order valence-corrected chi connectivity index (χ4v) is 15.4. The quantitative estimate of drug-likeness (QED) is 0.160. The zero-order valence-electron chi connectivity index (χ0n) is 51.8. The van der Waals surface area contributed by atoms with Gasteiger partial charge in [0, 0.05) is 92.8 Å². The molecule has 0 N–H and O–H groups in total. The third-order valence-corrected chi connectivity index (χ3v) is 19.6. The number of nitrogens with zero attached hydrogens (tertiary/aromatic N) is 5. The zero-order valence-corrected chi connectivity index (χ0v) is 51.8. The Morgan fingerprint density at radius 1 is 0.208 bits per heavy atom. The van der Waals surface area contributed by atoms with E-state index in [4.69, 9.17) is 13.8 Å². The molecular formula is C89H55N5O2. The molecule has 96 heavy (non-hydrogen) atoms. The van der Waals surface area contributed by atoms with E-state index >= 15 is 0 Å². The van der Waals surface area contributed by atoms with Crippen LogP contribution in [-0.4, -0.2) is 23.3 Å². The Bertz CT molecular complexity index is 6580. The molecule has 0 atom stereocenters. The first-order valence-corrected chi connectivity index (χ1v) is 32.7. The second-order valence-corrected chi connectivity index (χ2v) is 24.9. The summed E-state index contributed by atoms with van der Waals surface area (Å²) in [4.78, 5) is 5.21. The average molecular weight is 1230 g/mol. The van der Waals surface area contributed by atoms with E-state index in [2.05, 4.69) is 340 Å². The van der Waals surface area contributed by atoms with E-state index in [1.807, 2.05) is 12.1 Å². The van der Waals surface area contributed by atoms with E-state index in [1.165, 1.54) is 81.8 Å². The molecule has 0 saturated heterocycles. The van der Waals surface area contributed by atoms with Crippen molar-refractivity contribution in [2.45, 2.75) is 0 Å². The summed E-state index contributed by atoms with van der Waals surface area (Å²) in [5.41, 5.74) is 23.0. The minimum absolute atomic E-state index is 0.867. The van der Waals surface area contributed by atoms with E-state index < -0.39 is 0 Å².